The summed E-state index contributed by atoms with van der Waals surface area (Å²) in [6.07, 6.45) is -0.268. The fraction of sp³-hybridized carbons (Fsp3) is 0.263. The molecular weight excluding hydrogens is 356 g/mol. The molecule has 2 rings (SSSR count). The van der Waals surface area contributed by atoms with Crippen LogP contribution >= 0.6 is 11.6 Å². The molecule has 26 heavy (non-hydrogen) atoms. The number of hydrogen-bond acceptors (Lipinski definition) is 4. The van der Waals surface area contributed by atoms with E-state index in [1.54, 1.807) is 44.6 Å². The van der Waals surface area contributed by atoms with Crippen molar-refractivity contribution in [3.63, 3.8) is 0 Å². The Hall–Kier alpha value is -2.73. The molecule has 7 heteroatoms. The van der Waals surface area contributed by atoms with Crippen molar-refractivity contribution in [2.24, 2.45) is 0 Å². The molecule has 0 radical (unpaired) electrons. The summed E-state index contributed by atoms with van der Waals surface area (Å²) in [6, 6.07) is 10.5. The number of nitrogens with one attached hydrogen (secondary N) is 2. The number of amides is 2. The number of aryl methyl sites for hydroxylation is 1. The third kappa shape index (κ3) is 5.39. The van der Waals surface area contributed by atoms with E-state index in [9.17, 15) is 9.59 Å². The maximum absolute atomic E-state index is 12.0. The van der Waals surface area contributed by atoms with Crippen LogP contribution in [0.3, 0.4) is 0 Å². The van der Waals surface area contributed by atoms with E-state index in [4.69, 9.17) is 21.1 Å². The predicted molar refractivity (Wildman–Crippen MR) is 101 cm³/mol. The lowest BCUT2D eigenvalue weighted by molar-refractivity contribution is -0.126. The van der Waals surface area contributed by atoms with E-state index >= 15 is 0 Å². The number of rotatable bonds is 7. The second-order valence-electron chi connectivity index (χ2n) is 5.65. The molecule has 2 amide bonds. The Bertz CT molecular complexity index is 808. The van der Waals surface area contributed by atoms with Crippen molar-refractivity contribution in [3.05, 3.63) is 52.5 Å². The van der Waals surface area contributed by atoms with Gasteiger partial charge >= 0.3 is 0 Å². The minimum absolute atomic E-state index is 0.268. The fourth-order valence-corrected chi connectivity index (χ4v) is 2.59. The molecular formula is C19H21ClN2O4. The largest absolute Gasteiger partial charge is 0.493 e. The second kappa shape index (κ2) is 9.10. The summed E-state index contributed by atoms with van der Waals surface area (Å²) in [7, 11) is 3.10. The number of benzene rings is 2. The van der Waals surface area contributed by atoms with Gasteiger partial charge in [-0.3, -0.25) is 9.59 Å². The van der Waals surface area contributed by atoms with E-state index in [-0.39, 0.29) is 24.8 Å². The summed E-state index contributed by atoms with van der Waals surface area (Å²) < 4.78 is 10.4. The normalized spacial score (nSPS) is 10.2. The predicted octanol–water partition coefficient (Wildman–Crippen LogP) is 3.31. The van der Waals surface area contributed by atoms with Crippen LogP contribution in [-0.4, -0.2) is 26.0 Å². The van der Waals surface area contributed by atoms with E-state index in [0.29, 0.717) is 22.2 Å². The summed E-state index contributed by atoms with van der Waals surface area (Å²) in [6.45, 7) is 2.12. The second-order valence-corrected chi connectivity index (χ2v) is 6.09. The lowest BCUT2D eigenvalue weighted by Crippen LogP contribution is -2.27. The van der Waals surface area contributed by atoms with E-state index in [1.165, 1.54) is 0 Å². The number of halogens is 1. The smallest absolute Gasteiger partial charge is 0.233 e. The number of anilines is 1. The van der Waals surface area contributed by atoms with Crippen LogP contribution in [0.1, 0.15) is 17.5 Å². The molecule has 0 fully saturated rings. The number of ether oxygens (including phenoxy) is 2. The zero-order chi connectivity index (χ0) is 19.1. The standard InChI is InChI=1S/C19H21ClN2O4/c1-12-8-14(20)5-6-15(12)22-19(24)10-18(23)21-11-13-4-7-16(25-2)17(9-13)26-3/h4-9H,10-11H2,1-3H3,(H,21,23)(H,22,24). The number of hydrogen-bond donors (Lipinski definition) is 2. The van der Waals surface area contributed by atoms with Crippen LogP contribution < -0.4 is 20.1 Å². The molecule has 138 valence electrons. The first-order valence-electron chi connectivity index (χ1n) is 7.96. The minimum Gasteiger partial charge on any atom is -0.493 e. The van der Waals surface area contributed by atoms with Gasteiger partial charge < -0.3 is 20.1 Å². The van der Waals surface area contributed by atoms with Gasteiger partial charge in [-0.2, -0.15) is 0 Å². The van der Waals surface area contributed by atoms with Gasteiger partial charge in [-0.1, -0.05) is 17.7 Å². The highest BCUT2D eigenvalue weighted by molar-refractivity contribution is 6.30. The van der Waals surface area contributed by atoms with Gasteiger partial charge in [0.2, 0.25) is 11.8 Å². The highest BCUT2D eigenvalue weighted by atomic mass is 35.5. The van der Waals surface area contributed by atoms with Gasteiger partial charge in [0.15, 0.2) is 11.5 Å². The van der Waals surface area contributed by atoms with Crippen LogP contribution in [0.4, 0.5) is 5.69 Å². The molecule has 2 N–H and O–H groups in total. The Morgan fingerprint density at radius 3 is 2.38 bits per heavy atom. The molecule has 0 bridgehead atoms. The zero-order valence-electron chi connectivity index (χ0n) is 14.9. The van der Waals surface area contributed by atoms with Gasteiger partial charge in [0.05, 0.1) is 14.2 Å². The Labute approximate surface area is 157 Å². The van der Waals surface area contributed by atoms with Crippen LogP contribution in [0.2, 0.25) is 5.02 Å². The highest BCUT2D eigenvalue weighted by Crippen LogP contribution is 2.27. The zero-order valence-corrected chi connectivity index (χ0v) is 15.6. The molecule has 2 aromatic carbocycles. The van der Waals surface area contributed by atoms with Crippen molar-refractivity contribution < 1.29 is 19.1 Å². The van der Waals surface area contributed by atoms with Gasteiger partial charge in [-0.05, 0) is 48.4 Å². The van der Waals surface area contributed by atoms with Crippen molar-refractivity contribution in [2.75, 3.05) is 19.5 Å². The molecule has 0 heterocycles. The number of carbonyl (C=O) groups is 2. The lowest BCUT2D eigenvalue weighted by atomic mass is 10.2. The van der Waals surface area contributed by atoms with Crippen molar-refractivity contribution in [2.45, 2.75) is 19.9 Å². The molecule has 0 aromatic heterocycles. The molecule has 0 spiro atoms. The summed E-state index contributed by atoms with van der Waals surface area (Å²) >= 11 is 5.88. The fourth-order valence-electron chi connectivity index (χ4n) is 2.36. The SMILES string of the molecule is COc1ccc(CNC(=O)CC(=O)Nc2ccc(Cl)cc2C)cc1OC. The first-order valence-corrected chi connectivity index (χ1v) is 8.34. The Balaban J connectivity index is 1.87. The number of methoxy groups -OCH3 is 2. The van der Waals surface area contributed by atoms with Gasteiger partial charge in [0.25, 0.3) is 0 Å². The molecule has 0 aliphatic rings. The van der Waals surface area contributed by atoms with Gasteiger partial charge in [-0.25, -0.2) is 0 Å². The topological polar surface area (TPSA) is 76.7 Å². The van der Waals surface area contributed by atoms with E-state index in [1.807, 2.05) is 13.0 Å². The lowest BCUT2D eigenvalue weighted by Gasteiger charge is -2.11. The Morgan fingerprint density at radius 2 is 1.73 bits per heavy atom. The van der Waals surface area contributed by atoms with Crippen molar-refractivity contribution in [3.8, 4) is 11.5 Å². The monoisotopic (exact) mass is 376 g/mol. The summed E-state index contributed by atoms with van der Waals surface area (Å²) in [5, 5.41) is 6.01. The van der Waals surface area contributed by atoms with Crippen LogP contribution in [0, 0.1) is 6.92 Å². The average Bonchev–Trinajstić information content (AvgIpc) is 2.62. The summed E-state index contributed by atoms with van der Waals surface area (Å²) in [4.78, 5) is 24.0. The highest BCUT2D eigenvalue weighted by Gasteiger charge is 2.11. The maximum Gasteiger partial charge on any atom is 0.233 e. The van der Waals surface area contributed by atoms with E-state index in [2.05, 4.69) is 10.6 Å². The molecule has 6 nitrogen and oxygen atoms in total. The third-order valence-electron chi connectivity index (χ3n) is 3.72. The van der Waals surface area contributed by atoms with Crippen LogP contribution in [0.25, 0.3) is 0 Å². The number of carbonyl (C=O) groups excluding carboxylic acids is 2. The molecule has 0 atom stereocenters. The first kappa shape index (κ1) is 19.6. The summed E-state index contributed by atoms with van der Waals surface area (Å²) in [5.74, 6) is 0.430. The Kier molecular flexibility index (Phi) is 6.86. The van der Waals surface area contributed by atoms with Crippen LogP contribution in [-0.2, 0) is 16.1 Å². The molecule has 0 aliphatic carbocycles. The van der Waals surface area contributed by atoms with Crippen molar-refractivity contribution in [1.82, 2.24) is 5.32 Å². The minimum atomic E-state index is -0.389. The third-order valence-corrected chi connectivity index (χ3v) is 3.96. The molecule has 0 unspecified atom stereocenters. The van der Waals surface area contributed by atoms with E-state index in [0.717, 1.165) is 11.1 Å². The average molecular weight is 377 g/mol. The molecule has 0 saturated heterocycles. The molecule has 0 aliphatic heterocycles. The maximum atomic E-state index is 12.0. The van der Waals surface area contributed by atoms with Gasteiger partial charge in [-0.15, -0.1) is 0 Å². The van der Waals surface area contributed by atoms with Crippen molar-refractivity contribution in [1.29, 1.82) is 0 Å². The van der Waals surface area contributed by atoms with Crippen LogP contribution in [0.5, 0.6) is 11.5 Å². The summed E-state index contributed by atoms with van der Waals surface area (Å²) in [5.41, 5.74) is 2.30. The van der Waals surface area contributed by atoms with E-state index < -0.39 is 0 Å². The first-order chi connectivity index (χ1) is 12.4. The van der Waals surface area contributed by atoms with Gasteiger partial charge in [0, 0.05) is 17.3 Å². The molecule has 0 saturated carbocycles. The van der Waals surface area contributed by atoms with Crippen molar-refractivity contribution >= 4 is 29.1 Å². The quantitative estimate of drug-likeness (QED) is 0.727. The van der Waals surface area contributed by atoms with Crippen LogP contribution in [0.15, 0.2) is 36.4 Å². The van der Waals surface area contributed by atoms with Gasteiger partial charge in [0.1, 0.15) is 6.42 Å². The Morgan fingerprint density at radius 1 is 1.00 bits per heavy atom. The molecule has 2 aromatic rings.